The molecule has 14 heavy (non-hydrogen) atoms. The summed E-state index contributed by atoms with van der Waals surface area (Å²) >= 11 is 0. The molecule has 3 nitrogen and oxygen atoms in total. The second-order valence-electron chi connectivity index (χ2n) is 3.80. The molecule has 0 aliphatic carbocycles. The second kappa shape index (κ2) is 3.96. The summed E-state index contributed by atoms with van der Waals surface area (Å²) in [5.41, 5.74) is 2.13. The number of anilines is 1. The van der Waals surface area contributed by atoms with E-state index in [2.05, 4.69) is 23.3 Å². The number of ether oxygens (including phenoxy) is 1. The SMILES string of the molecule is Cc1ccc(NC2CCOC2C)cn1. The van der Waals surface area contributed by atoms with Crippen LogP contribution >= 0.6 is 0 Å². The van der Waals surface area contributed by atoms with E-state index in [0.29, 0.717) is 12.1 Å². The molecule has 0 saturated carbocycles. The highest BCUT2D eigenvalue weighted by Gasteiger charge is 2.23. The molecule has 1 aliphatic rings. The molecule has 0 amide bonds. The maximum atomic E-state index is 5.48. The number of hydrogen-bond acceptors (Lipinski definition) is 3. The summed E-state index contributed by atoms with van der Waals surface area (Å²) in [7, 11) is 0. The smallest absolute Gasteiger partial charge is 0.0748 e. The van der Waals surface area contributed by atoms with Crippen molar-refractivity contribution in [1.29, 1.82) is 0 Å². The first kappa shape index (κ1) is 9.46. The molecule has 0 radical (unpaired) electrons. The van der Waals surface area contributed by atoms with Gasteiger partial charge in [0, 0.05) is 12.3 Å². The van der Waals surface area contributed by atoms with Gasteiger partial charge in [-0.05, 0) is 32.4 Å². The zero-order valence-electron chi connectivity index (χ0n) is 8.66. The highest BCUT2D eigenvalue weighted by molar-refractivity contribution is 5.42. The molecule has 0 aromatic carbocycles. The van der Waals surface area contributed by atoms with Crippen LogP contribution in [0.1, 0.15) is 19.0 Å². The van der Waals surface area contributed by atoms with E-state index in [0.717, 1.165) is 24.4 Å². The lowest BCUT2D eigenvalue weighted by Crippen LogP contribution is -2.26. The highest BCUT2D eigenvalue weighted by atomic mass is 16.5. The van der Waals surface area contributed by atoms with Crippen molar-refractivity contribution < 1.29 is 4.74 Å². The van der Waals surface area contributed by atoms with Crippen molar-refractivity contribution in [3.63, 3.8) is 0 Å². The molecular formula is C11H16N2O. The third-order valence-corrected chi connectivity index (χ3v) is 2.64. The van der Waals surface area contributed by atoms with Gasteiger partial charge in [-0.3, -0.25) is 4.98 Å². The standard InChI is InChI=1S/C11H16N2O/c1-8-3-4-10(7-12-8)13-11-5-6-14-9(11)2/h3-4,7,9,11,13H,5-6H2,1-2H3. The third kappa shape index (κ3) is 2.04. The minimum absolute atomic E-state index is 0.302. The van der Waals surface area contributed by atoms with Gasteiger partial charge in [0.2, 0.25) is 0 Å². The predicted octanol–water partition coefficient (Wildman–Crippen LogP) is 1.98. The number of hydrogen-bond donors (Lipinski definition) is 1. The molecule has 2 heterocycles. The van der Waals surface area contributed by atoms with Crippen molar-refractivity contribution in [2.45, 2.75) is 32.4 Å². The highest BCUT2D eigenvalue weighted by Crippen LogP contribution is 2.18. The van der Waals surface area contributed by atoms with Crippen molar-refractivity contribution in [3.05, 3.63) is 24.0 Å². The van der Waals surface area contributed by atoms with Crippen LogP contribution in [-0.2, 0) is 4.74 Å². The number of rotatable bonds is 2. The molecule has 1 aromatic heterocycles. The van der Waals surface area contributed by atoms with Gasteiger partial charge in [-0.1, -0.05) is 0 Å². The summed E-state index contributed by atoms with van der Waals surface area (Å²) in [6.07, 6.45) is 3.26. The van der Waals surface area contributed by atoms with Crippen LogP contribution < -0.4 is 5.32 Å². The average Bonchev–Trinajstić information content (AvgIpc) is 2.56. The van der Waals surface area contributed by atoms with Crippen molar-refractivity contribution in [1.82, 2.24) is 4.98 Å². The van der Waals surface area contributed by atoms with Crippen LogP contribution in [-0.4, -0.2) is 23.7 Å². The van der Waals surface area contributed by atoms with Gasteiger partial charge >= 0.3 is 0 Å². The van der Waals surface area contributed by atoms with E-state index in [1.807, 2.05) is 19.2 Å². The first-order valence-electron chi connectivity index (χ1n) is 5.06. The van der Waals surface area contributed by atoms with E-state index in [4.69, 9.17) is 4.74 Å². The molecule has 1 saturated heterocycles. The molecule has 1 fully saturated rings. The fraction of sp³-hybridized carbons (Fsp3) is 0.545. The quantitative estimate of drug-likeness (QED) is 0.778. The van der Waals surface area contributed by atoms with Crippen molar-refractivity contribution in [2.75, 3.05) is 11.9 Å². The fourth-order valence-electron chi connectivity index (χ4n) is 1.69. The Morgan fingerprint density at radius 1 is 1.50 bits per heavy atom. The molecule has 1 N–H and O–H groups in total. The van der Waals surface area contributed by atoms with Crippen LogP contribution in [0.5, 0.6) is 0 Å². The van der Waals surface area contributed by atoms with E-state index >= 15 is 0 Å². The Balaban J connectivity index is 2.00. The number of nitrogens with zero attached hydrogens (tertiary/aromatic N) is 1. The second-order valence-corrected chi connectivity index (χ2v) is 3.80. The normalized spacial score (nSPS) is 26.4. The van der Waals surface area contributed by atoms with Gasteiger partial charge in [0.1, 0.15) is 0 Å². The van der Waals surface area contributed by atoms with E-state index in [9.17, 15) is 0 Å². The minimum atomic E-state index is 0.302. The van der Waals surface area contributed by atoms with Crippen LogP contribution in [0.25, 0.3) is 0 Å². The number of aryl methyl sites for hydroxylation is 1. The predicted molar refractivity (Wildman–Crippen MR) is 56.4 cm³/mol. The monoisotopic (exact) mass is 192 g/mol. The molecular weight excluding hydrogens is 176 g/mol. The molecule has 0 spiro atoms. The first-order chi connectivity index (χ1) is 6.75. The van der Waals surface area contributed by atoms with Crippen molar-refractivity contribution in [2.24, 2.45) is 0 Å². The summed E-state index contributed by atoms with van der Waals surface area (Å²) in [6, 6.07) is 4.51. The third-order valence-electron chi connectivity index (χ3n) is 2.64. The number of nitrogens with one attached hydrogen (secondary N) is 1. The first-order valence-corrected chi connectivity index (χ1v) is 5.06. The Morgan fingerprint density at radius 3 is 2.93 bits per heavy atom. The minimum Gasteiger partial charge on any atom is -0.378 e. The van der Waals surface area contributed by atoms with Gasteiger partial charge in [0.15, 0.2) is 0 Å². The maximum absolute atomic E-state index is 5.48. The van der Waals surface area contributed by atoms with Crippen LogP contribution in [0.2, 0.25) is 0 Å². The Morgan fingerprint density at radius 2 is 2.36 bits per heavy atom. The van der Waals surface area contributed by atoms with E-state index < -0.39 is 0 Å². The number of pyridine rings is 1. The van der Waals surface area contributed by atoms with Crippen LogP contribution in [0.4, 0.5) is 5.69 Å². The zero-order chi connectivity index (χ0) is 9.97. The molecule has 2 atom stereocenters. The van der Waals surface area contributed by atoms with Crippen LogP contribution in [0.3, 0.4) is 0 Å². The molecule has 2 unspecified atom stereocenters. The van der Waals surface area contributed by atoms with Gasteiger partial charge in [0.25, 0.3) is 0 Å². The van der Waals surface area contributed by atoms with Gasteiger partial charge in [-0.15, -0.1) is 0 Å². The van der Waals surface area contributed by atoms with Crippen LogP contribution in [0.15, 0.2) is 18.3 Å². The largest absolute Gasteiger partial charge is 0.378 e. The molecule has 0 bridgehead atoms. The summed E-state index contributed by atoms with van der Waals surface area (Å²) in [4.78, 5) is 4.24. The molecule has 3 heteroatoms. The molecule has 76 valence electrons. The van der Waals surface area contributed by atoms with Crippen molar-refractivity contribution in [3.8, 4) is 0 Å². The lowest BCUT2D eigenvalue weighted by atomic mass is 10.1. The molecule has 1 aliphatic heterocycles. The Labute approximate surface area is 84.5 Å². The molecule has 1 aromatic rings. The topological polar surface area (TPSA) is 34.1 Å². The van der Waals surface area contributed by atoms with E-state index in [1.165, 1.54) is 0 Å². The summed E-state index contributed by atoms with van der Waals surface area (Å²) in [5.74, 6) is 0. The maximum Gasteiger partial charge on any atom is 0.0748 e. The fourth-order valence-corrected chi connectivity index (χ4v) is 1.69. The van der Waals surface area contributed by atoms with Gasteiger partial charge < -0.3 is 10.1 Å². The average molecular weight is 192 g/mol. The van der Waals surface area contributed by atoms with Gasteiger partial charge in [-0.2, -0.15) is 0 Å². The van der Waals surface area contributed by atoms with Gasteiger partial charge in [0.05, 0.1) is 24.0 Å². The van der Waals surface area contributed by atoms with Gasteiger partial charge in [-0.25, -0.2) is 0 Å². The number of aromatic nitrogens is 1. The van der Waals surface area contributed by atoms with Crippen LogP contribution in [0, 0.1) is 6.92 Å². The molecule has 2 rings (SSSR count). The summed E-state index contributed by atoms with van der Waals surface area (Å²) in [6.45, 7) is 4.95. The Kier molecular flexibility index (Phi) is 2.68. The van der Waals surface area contributed by atoms with E-state index in [1.54, 1.807) is 0 Å². The van der Waals surface area contributed by atoms with Crippen molar-refractivity contribution >= 4 is 5.69 Å². The summed E-state index contributed by atoms with van der Waals surface area (Å²) < 4.78 is 5.48. The lowest BCUT2D eigenvalue weighted by Gasteiger charge is -2.16. The zero-order valence-corrected chi connectivity index (χ0v) is 8.66. The Bertz CT molecular complexity index is 297. The Hall–Kier alpha value is -1.09. The summed E-state index contributed by atoms with van der Waals surface area (Å²) in [5, 5.41) is 3.43. The van der Waals surface area contributed by atoms with E-state index in [-0.39, 0.29) is 0 Å². The lowest BCUT2D eigenvalue weighted by molar-refractivity contribution is 0.121.